The van der Waals surface area contributed by atoms with E-state index in [0.717, 1.165) is 11.2 Å². The minimum absolute atomic E-state index is 0.695. The second-order valence-corrected chi connectivity index (χ2v) is 2.67. The van der Waals surface area contributed by atoms with Gasteiger partial charge in [0.1, 0.15) is 11.7 Å². The summed E-state index contributed by atoms with van der Waals surface area (Å²) in [5.41, 5.74) is 2.54. The van der Waals surface area contributed by atoms with E-state index in [1.165, 1.54) is 0 Å². The van der Waals surface area contributed by atoms with Crippen molar-refractivity contribution in [3.63, 3.8) is 0 Å². The van der Waals surface area contributed by atoms with Crippen molar-refractivity contribution in [1.29, 1.82) is 5.26 Å². The maximum atomic E-state index is 8.73. The molecule has 0 saturated heterocycles. The number of hydrogen-bond acceptors (Lipinski definition) is 2. The van der Waals surface area contributed by atoms with Crippen LogP contribution in [-0.2, 0) is 0 Å². The van der Waals surface area contributed by atoms with Gasteiger partial charge in [-0.25, -0.2) is 4.98 Å². The lowest BCUT2D eigenvalue weighted by Gasteiger charge is -1.97. The molecule has 0 saturated carbocycles. The monoisotopic (exact) mass is 157 g/mol. The Balaban J connectivity index is 2.84. The van der Waals surface area contributed by atoms with E-state index in [4.69, 9.17) is 5.26 Å². The first-order chi connectivity index (χ1) is 5.81. The lowest BCUT2D eigenvalue weighted by atomic mass is 10.2. The Bertz CT molecular complexity index is 462. The van der Waals surface area contributed by atoms with Crippen molar-refractivity contribution in [3.8, 4) is 6.07 Å². The van der Waals surface area contributed by atoms with Crippen LogP contribution in [0, 0.1) is 18.3 Å². The average molecular weight is 157 g/mol. The zero-order valence-corrected chi connectivity index (χ0v) is 6.65. The van der Waals surface area contributed by atoms with Gasteiger partial charge in [-0.2, -0.15) is 5.26 Å². The Hall–Kier alpha value is -1.82. The number of hydrogen-bond donors (Lipinski definition) is 0. The highest BCUT2D eigenvalue weighted by atomic mass is 15.0. The predicted octanol–water partition coefficient (Wildman–Crippen LogP) is 1.51. The SMILES string of the molecule is Cc1cc2nccn2cc1C#N. The molecular weight excluding hydrogens is 150 g/mol. The van der Waals surface area contributed by atoms with Crippen LogP contribution in [0.3, 0.4) is 0 Å². The molecule has 0 radical (unpaired) electrons. The van der Waals surface area contributed by atoms with Gasteiger partial charge in [0.05, 0.1) is 5.56 Å². The first kappa shape index (κ1) is 6.86. The Morgan fingerprint density at radius 3 is 3.17 bits per heavy atom. The van der Waals surface area contributed by atoms with Crippen LogP contribution in [-0.4, -0.2) is 9.38 Å². The predicted molar refractivity (Wildman–Crippen MR) is 44.6 cm³/mol. The molecule has 0 N–H and O–H groups in total. The van der Waals surface area contributed by atoms with Crippen molar-refractivity contribution in [2.24, 2.45) is 0 Å². The average Bonchev–Trinajstić information content (AvgIpc) is 2.49. The fourth-order valence-corrected chi connectivity index (χ4v) is 1.17. The van der Waals surface area contributed by atoms with E-state index in [0.29, 0.717) is 5.56 Å². The highest BCUT2D eigenvalue weighted by Gasteiger charge is 1.99. The molecule has 0 spiro atoms. The summed E-state index contributed by atoms with van der Waals surface area (Å²) in [7, 11) is 0. The Morgan fingerprint density at radius 1 is 1.58 bits per heavy atom. The number of pyridine rings is 1. The molecule has 0 aliphatic rings. The molecular formula is C9H7N3. The number of aryl methyl sites for hydroxylation is 1. The minimum atomic E-state index is 0.695. The molecule has 2 aromatic heterocycles. The summed E-state index contributed by atoms with van der Waals surface area (Å²) in [6, 6.07) is 4.03. The molecule has 0 aliphatic carbocycles. The van der Waals surface area contributed by atoms with Crippen molar-refractivity contribution in [3.05, 3.63) is 35.8 Å². The van der Waals surface area contributed by atoms with Gasteiger partial charge < -0.3 is 4.40 Å². The van der Waals surface area contributed by atoms with E-state index in [1.54, 1.807) is 12.4 Å². The zero-order valence-electron chi connectivity index (χ0n) is 6.65. The topological polar surface area (TPSA) is 41.1 Å². The van der Waals surface area contributed by atoms with Gasteiger partial charge >= 0.3 is 0 Å². The Labute approximate surface area is 69.9 Å². The molecule has 0 fully saturated rings. The first-order valence-corrected chi connectivity index (χ1v) is 3.64. The van der Waals surface area contributed by atoms with E-state index in [1.807, 2.05) is 23.6 Å². The van der Waals surface area contributed by atoms with Gasteiger partial charge in [0.25, 0.3) is 0 Å². The van der Waals surface area contributed by atoms with E-state index >= 15 is 0 Å². The number of rotatable bonds is 0. The number of nitriles is 1. The van der Waals surface area contributed by atoms with Crippen LogP contribution in [0.5, 0.6) is 0 Å². The van der Waals surface area contributed by atoms with Gasteiger partial charge in [0, 0.05) is 18.6 Å². The fourth-order valence-electron chi connectivity index (χ4n) is 1.17. The molecule has 3 heteroatoms. The van der Waals surface area contributed by atoms with E-state index in [2.05, 4.69) is 11.1 Å². The molecule has 0 unspecified atom stereocenters. The van der Waals surface area contributed by atoms with E-state index < -0.39 is 0 Å². The Kier molecular flexibility index (Phi) is 1.34. The third kappa shape index (κ3) is 0.857. The van der Waals surface area contributed by atoms with Crippen LogP contribution in [0.15, 0.2) is 24.7 Å². The van der Waals surface area contributed by atoms with Crippen LogP contribution >= 0.6 is 0 Å². The third-order valence-corrected chi connectivity index (χ3v) is 1.86. The van der Waals surface area contributed by atoms with Crippen molar-refractivity contribution in [2.75, 3.05) is 0 Å². The van der Waals surface area contributed by atoms with Gasteiger partial charge in [-0.15, -0.1) is 0 Å². The number of nitrogens with zero attached hydrogens (tertiary/aromatic N) is 3. The van der Waals surface area contributed by atoms with Gasteiger partial charge in [-0.1, -0.05) is 0 Å². The standard InChI is InChI=1S/C9H7N3/c1-7-4-9-11-2-3-12(9)6-8(7)5-10/h2-4,6H,1H3. The molecule has 2 aromatic rings. The second-order valence-electron chi connectivity index (χ2n) is 2.67. The summed E-state index contributed by atoms with van der Waals surface area (Å²) in [5, 5.41) is 8.73. The molecule has 2 rings (SSSR count). The third-order valence-electron chi connectivity index (χ3n) is 1.86. The molecule has 0 atom stereocenters. The number of fused-ring (bicyclic) bond motifs is 1. The van der Waals surface area contributed by atoms with Gasteiger partial charge in [0.15, 0.2) is 0 Å². The summed E-state index contributed by atoms with van der Waals surface area (Å²) < 4.78 is 1.84. The summed E-state index contributed by atoms with van der Waals surface area (Å²) in [4.78, 5) is 4.11. The van der Waals surface area contributed by atoms with Gasteiger partial charge in [-0.3, -0.25) is 0 Å². The molecule has 0 aromatic carbocycles. The van der Waals surface area contributed by atoms with Crippen LogP contribution in [0.4, 0.5) is 0 Å². The molecule has 0 bridgehead atoms. The zero-order chi connectivity index (χ0) is 8.55. The molecule has 2 heterocycles. The Morgan fingerprint density at radius 2 is 2.42 bits per heavy atom. The highest BCUT2D eigenvalue weighted by Crippen LogP contribution is 2.09. The quantitative estimate of drug-likeness (QED) is 0.581. The second kappa shape index (κ2) is 2.35. The van der Waals surface area contributed by atoms with Crippen LogP contribution in [0.1, 0.15) is 11.1 Å². The molecule has 0 amide bonds. The molecule has 58 valence electrons. The summed E-state index contributed by atoms with van der Waals surface area (Å²) in [6.07, 6.45) is 5.34. The lowest BCUT2D eigenvalue weighted by Crippen LogP contribution is -1.89. The maximum absolute atomic E-state index is 8.73. The van der Waals surface area contributed by atoms with Crippen molar-refractivity contribution < 1.29 is 0 Å². The van der Waals surface area contributed by atoms with Crippen LogP contribution in [0.25, 0.3) is 5.65 Å². The van der Waals surface area contributed by atoms with Crippen molar-refractivity contribution >= 4 is 5.65 Å². The van der Waals surface area contributed by atoms with Crippen molar-refractivity contribution in [1.82, 2.24) is 9.38 Å². The molecule has 3 nitrogen and oxygen atoms in total. The van der Waals surface area contributed by atoms with Gasteiger partial charge in [0.2, 0.25) is 0 Å². The van der Waals surface area contributed by atoms with E-state index in [-0.39, 0.29) is 0 Å². The number of imidazole rings is 1. The number of aromatic nitrogens is 2. The maximum Gasteiger partial charge on any atom is 0.136 e. The van der Waals surface area contributed by atoms with Crippen LogP contribution in [0.2, 0.25) is 0 Å². The normalized spacial score (nSPS) is 10.0. The van der Waals surface area contributed by atoms with E-state index in [9.17, 15) is 0 Å². The summed E-state index contributed by atoms with van der Waals surface area (Å²) >= 11 is 0. The summed E-state index contributed by atoms with van der Waals surface area (Å²) in [6.45, 7) is 1.91. The fraction of sp³-hybridized carbons (Fsp3) is 0.111. The highest BCUT2D eigenvalue weighted by molar-refractivity contribution is 5.47. The van der Waals surface area contributed by atoms with Gasteiger partial charge in [-0.05, 0) is 18.6 Å². The first-order valence-electron chi connectivity index (χ1n) is 3.64. The van der Waals surface area contributed by atoms with Crippen molar-refractivity contribution in [2.45, 2.75) is 6.92 Å². The smallest absolute Gasteiger partial charge is 0.136 e. The minimum Gasteiger partial charge on any atom is -0.306 e. The molecule has 12 heavy (non-hydrogen) atoms. The lowest BCUT2D eigenvalue weighted by molar-refractivity contribution is 1.15. The molecule has 0 aliphatic heterocycles. The van der Waals surface area contributed by atoms with Crippen LogP contribution < -0.4 is 0 Å². The summed E-state index contributed by atoms with van der Waals surface area (Å²) in [5.74, 6) is 0. The largest absolute Gasteiger partial charge is 0.306 e.